The van der Waals surface area contributed by atoms with Crippen molar-refractivity contribution in [3.05, 3.63) is 17.7 Å². The number of methoxy groups -OCH3 is 3. The molecule has 0 radical (unpaired) electrons. The molecule has 1 saturated heterocycles. The van der Waals surface area contributed by atoms with Crippen LogP contribution in [0.5, 0.6) is 17.2 Å². The Morgan fingerprint density at radius 1 is 1.11 bits per heavy atom. The van der Waals surface area contributed by atoms with Gasteiger partial charge in [-0.15, -0.1) is 0 Å². The minimum Gasteiger partial charge on any atom is -0.493 e. The Bertz CT molecular complexity index is 404. The van der Waals surface area contributed by atoms with E-state index in [4.69, 9.17) is 19.3 Å². The van der Waals surface area contributed by atoms with Gasteiger partial charge in [0, 0.05) is 32.2 Å². The van der Waals surface area contributed by atoms with E-state index in [-0.39, 0.29) is 6.61 Å². The summed E-state index contributed by atoms with van der Waals surface area (Å²) in [5, 5.41) is 9.02. The van der Waals surface area contributed by atoms with E-state index in [9.17, 15) is 0 Å². The van der Waals surface area contributed by atoms with Gasteiger partial charge in [0.15, 0.2) is 11.5 Å². The van der Waals surface area contributed by atoms with Crippen LogP contribution >= 0.6 is 0 Å². The molecule has 0 unspecified atom stereocenters. The van der Waals surface area contributed by atoms with Crippen LogP contribution in [0.4, 0.5) is 0 Å². The topological polar surface area (TPSA) is 51.2 Å². The van der Waals surface area contributed by atoms with Gasteiger partial charge in [-0.05, 0) is 17.7 Å². The lowest BCUT2D eigenvalue weighted by Crippen LogP contribution is -2.47. The van der Waals surface area contributed by atoms with Crippen LogP contribution in [-0.2, 0) is 6.54 Å². The van der Waals surface area contributed by atoms with E-state index in [1.807, 2.05) is 12.1 Å². The van der Waals surface area contributed by atoms with Crippen molar-refractivity contribution in [3.8, 4) is 17.2 Å². The molecule has 2 rings (SSSR count). The van der Waals surface area contributed by atoms with Gasteiger partial charge in [-0.2, -0.15) is 0 Å². The van der Waals surface area contributed by atoms with E-state index < -0.39 is 0 Å². The number of nitrogens with zero attached hydrogens (tertiary/aromatic N) is 1. The Balaban J connectivity index is 2.13. The first-order chi connectivity index (χ1) is 9.21. The van der Waals surface area contributed by atoms with E-state index in [0.717, 1.165) is 25.2 Å². The highest BCUT2D eigenvalue weighted by molar-refractivity contribution is 5.53. The summed E-state index contributed by atoms with van der Waals surface area (Å²) in [5.74, 6) is 2.39. The van der Waals surface area contributed by atoms with Crippen LogP contribution in [0.15, 0.2) is 12.1 Å². The van der Waals surface area contributed by atoms with Crippen LogP contribution in [0.3, 0.4) is 0 Å². The van der Waals surface area contributed by atoms with E-state index in [1.54, 1.807) is 21.3 Å². The number of hydrogen-bond donors (Lipinski definition) is 1. The highest BCUT2D eigenvalue weighted by atomic mass is 16.5. The zero-order valence-electron chi connectivity index (χ0n) is 11.7. The summed E-state index contributed by atoms with van der Waals surface area (Å²) in [6.45, 7) is 2.97. The monoisotopic (exact) mass is 267 g/mol. The van der Waals surface area contributed by atoms with Crippen LogP contribution < -0.4 is 14.2 Å². The molecule has 1 aromatic rings. The first-order valence-electron chi connectivity index (χ1n) is 6.34. The number of benzene rings is 1. The van der Waals surface area contributed by atoms with Crippen molar-refractivity contribution in [2.45, 2.75) is 6.54 Å². The van der Waals surface area contributed by atoms with Crippen LogP contribution in [0.2, 0.25) is 0 Å². The van der Waals surface area contributed by atoms with Crippen molar-refractivity contribution in [1.82, 2.24) is 4.90 Å². The zero-order valence-corrected chi connectivity index (χ0v) is 11.7. The highest BCUT2D eigenvalue weighted by Gasteiger charge is 2.26. The van der Waals surface area contributed by atoms with E-state index in [1.165, 1.54) is 0 Å². The van der Waals surface area contributed by atoms with Crippen molar-refractivity contribution in [3.63, 3.8) is 0 Å². The summed E-state index contributed by atoms with van der Waals surface area (Å²) in [6, 6.07) is 3.93. The van der Waals surface area contributed by atoms with Gasteiger partial charge in [-0.25, -0.2) is 0 Å². The molecular formula is C14H21NO4. The number of likely N-dealkylation sites (tertiary alicyclic amines) is 1. The summed E-state index contributed by atoms with van der Waals surface area (Å²) in [7, 11) is 4.83. The molecule has 0 bridgehead atoms. The fourth-order valence-corrected chi connectivity index (χ4v) is 2.41. The van der Waals surface area contributed by atoms with Crippen LogP contribution in [0, 0.1) is 5.92 Å². The smallest absolute Gasteiger partial charge is 0.203 e. The second-order valence-corrected chi connectivity index (χ2v) is 4.78. The molecule has 0 atom stereocenters. The number of hydrogen-bond acceptors (Lipinski definition) is 5. The first kappa shape index (κ1) is 14.0. The van der Waals surface area contributed by atoms with Crippen LogP contribution in [0.25, 0.3) is 0 Å². The fourth-order valence-electron chi connectivity index (χ4n) is 2.41. The Morgan fingerprint density at radius 3 is 2.11 bits per heavy atom. The van der Waals surface area contributed by atoms with Gasteiger partial charge in [0.1, 0.15) is 0 Å². The normalized spacial score (nSPS) is 16.0. The molecule has 1 aromatic carbocycles. The standard InChI is InChI=1S/C14H21NO4/c1-17-12-4-10(5-13(18-2)14(12)19-3)6-15-7-11(8-15)9-16/h4-5,11,16H,6-9H2,1-3H3. The Kier molecular flexibility index (Phi) is 4.50. The van der Waals surface area contributed by atoms with Gasteiger partial charge < -0.3 is 19.3 Å². The molecule has 5 heteroatoms. The highest BCUT2D eigenvalue weighted by Crippen LogP contribution is 2.38. The molecule has 1 aliphatic heterocycles. The predicted octanol–water partition coefficient (Wildman–Crippen LogP) is 1.14. The Morgan fingerprint density at radius 2 is 1.68 bits per heavy atom. The third-order valence-corrected chi connectivity index (χ3v) is 3.42. The lowest BCUT2D eigenvalue weighted by molar-refractivity contribution is 0.0478. The molecule has 5 nitrogen and oxygen atoms in total. The third-order valence-electron chi connectivity index (χ3n) is 3.42. The summed E-state index contributed by atoms with van der Waals surface area (Å²) in [6.07, 6.45) is 0. The summed E-state index contributed by atoms with van der Waals surface area (Å²) in [5.41, 5.74) is 1.12. The van der Waals surface area contributed by atoms with E-state index in [0.29, 0.717) is 23.2 Å². The minimum absolute atomic E-state index is 0.270. The molecule has 1 N–H and O–H groups in total. The Labute approximate surface area is 113 Å². The van der Waals surface area contributed by atoms with E-state index in [2.05, 4.69) is 4.90 Å². The maximum absolute atomic E-state index is 9.02. The summed E-state index contributed by atoms with van der Waals surface area (Å²) in [4.78, 5) is 2.28. The molecule has 0 saturated carbocycles. The van der Waals surface area contributed by atoms with Gasteiger partial charge in [-0.1, -0.05) is 0 Å². The third kappa shape index (κ3) is 2.93. The maximum atomic E-state index is 9.02. The number of rotatable bonds is 6. The SMILES string of the molecule is COc1cc(CN2CC(CO)C2)cc(OC)c1OC. The van der Waals surface area contributed by atoms with Gasteiger partial charge in [-0.3, -0.25) is 4.90 Å². The number of aliphatic hydroxyl groups excluding tert-OH is 1. The van der Waals surface area contributed by atoms with Gasteiger partial charge in [0.2, 0.25) is 5.75 Å². The zero-order chi connectivity index (χ0) is 13.8. The molecule has 106 valence electrons. The van der Waals surface area contributed by atoms with Gasteiger partial charge >= 0.3 is 0 Å². The van der Waals surface area contributed by atoms with Crippen molar-refractivity contribution >= 4 is 0 Å². The maximum Gasteiger partial charge on any atom is 0.203 e. The molecule has 1 aliphatic rings. The predicted molar refractivity (Wildman–Crippen MR) is 72.0 cm³/mol. The molecule has 1 fully saturated rings. The average Bonchev–Trinajstić information content (AvgIpc) is 2.40. The first-order valence-corrected chi connectivity index (χ1v) is 6.34. The Hall–Kier alpha value is -1.46. The van der Waals surface area contributed by atoms with Crippen molar-refractivity contribution in [2.24, 2.45) is 5.92 Å². The van der Waals surface area contributed by atoms with E-state index >= 15 is 0 Å². The largest absolute Gasteiger partial charge is 0.493 e. The molecule has 0 amide bonds. The molecular weight excluding hydrogens is 246 g/mol. The second kappa shape index (κ2) is 6.12. The van der Waals surface area contributed by atoms with Crippen molar-refractivity contribution in [1.29, 1.82) is 0 Å². The number of ether oxygens (including phenoxy) is 3. The second-order valence-electron chi connectivity index (χ2n) is 4.78. The molecule has 0 spiro atoms. The lowest BCUT2D eigenvalue weighted by atomic mass is 10.0. The fraction of sp³-hybridized carbons (Fsp3) is 0.571. The lowest BCUT2D eigenvalue weighted by Gasteiger charge is -2.38. The van der Waals surface area contributed by atoms with Gasteiger partial charge in [0.25, 0.3) is 0 Å². The van der Waals surface area contributed by atoms with Crippen molar-refractivity contribution < 1.29 is 19.3 Å². The molecule has 0 aliphatic carbocycles. The molecule has 19 heavy (non-hydrogen) atoms. The average molecular weight is 267 g/mol. The molecule has 0 aromatic heterocycles. The van der Waals surface area contributed by atoms with Crippen molar-refractivity contribution in [2.75, 3.05) is 41.0 Å². The minimum atomic E-state index is 0.270. The summed E-state index contributed by atoms with van der Waals surface area (Å²) >= 11 is 0. The quantitative estimate of drug-likeness (QED) is 0.837. The van der Waals surface area contributed by atoms with Gasteiger partial charge in [0.05, 0.1) is 21.3 Å². The van der Waals surface area contributed by atoms with Crippen LogP contribution in [0.1, 0.15) is 5.56 Å². The molecule has 1 heterocycles. The van der Waals surface area contributed by atoms with Crippen LogP contribution in [-0.4, -0.2) is 51.0 Å². The summed E-state index contributed by atoms with van der Waals surface area (Å²) < 4.78 is 16.0. The number of aliphatic hydroxyl groups is 1.